The van der Waals surface area contributed by atoms with Gasteiger partial charge in [0.2, 0.25) is 5.79 Å². The Morgan fingerprint density at radius 2 is 2.00 bits per heavy atom. The van der Waals surface area contributed by atoms with Crippen LogP contribution in [0.3, 0.4) is 0 Å². The molecule has 6 atom stereocenters. The fraction of sp³-hybridized carbons (Fsp3) is 0.593. The van der Waals surface area contributed by atoms with Gasteiger partial charge in [-0.05, 0) is 60.8 Å². The van der Waals surface area contributed by atoms with Crippen LogP contribution in [-0.2, 0) is 20.6 Å². The Balaban J connectivity index is 1.27. The summed E-state index contributed by atoms with van der Waals surface area (Å²) in [6, 6.07) is 3.99. The van der Waals surface area contributed by atoms with Gasteiger partial charge in [0.25, 0.3) is 0 Å². The standard InChI is InChI=1S/C27H33NO6/c1-15-4-6-18(13-16(2)12-15)33-26(29)28-20-14-17-5-7-21(30-3)24-22(17)23-19(20)8-9-27(25(23)34-24)31-10-11-32-27/h4-7,13,15-16,19-20,23,25H,8-12,14H2,1-3H3,(H,28,29)/t15?,16?,19?,20?,23?,25-/m0/s1. The molecular weight excluding hydrogens is 434 g/mol. The molecule has 5 unspecified atom stereocenters. The van der Waals surface area contributed by atoms with Crippen molar-refractivity contribution in [3.05, 3.63) is 47.2 Å². The molecule has 1 N–H and O–H groups in total. The maximum Gasteiger partial charge on any atom is 0.412 e. The largest absolute Gasteiger partial charge is 0.493 e. The Morgan fingerprint density at radius 3 is 2.79 bits per heavy atom. The van der Waals surface area contributed by atoms with Crippen LogP contribution >= 0.6 is 0 Å². The van der Waals surface area contributed by atoms with Gasteiger partial charge in [0.15, 0.2) is 17.6 Å². The number of rotatable bonds is 3. The minimum absolute atomic E-state index is 0.0547. The first-order valence-corrected chi connectivity index (χ1v) is 12.5. The number of methoxy groups -OCH3 is 1. The molecule has 1 aromatic carbocycles. The molecular formula is C27H33NO6. The molecule has 2 aliphatic heterocycles. The lowest BCUT2D eigenvalue weighted by Gasteiger charge is -2.47. The molecule has 1 aromatic rings. The molecule has 1 saturated heterocycles. The van der Waals surface area contributed by atoms with Crippen molar-refractivity contribution in [2.45, 2.75) is 63.4 Å². The average Bonchev–Trinajstić information content (AvgIpc) is 3.40. The van der Waals surface area contributed by atoms with E-state index in [0.717, 1.165) is 37.2 Å². The van der Waals surface area contributed by atoms with E-state index in [1.54, 1.807) is 7.11 Å². The number of carbonyl (C=O) groups is 1. The van der Waals surface area contributed by atoms with Gasteiger partial charge < -0.3 is 29.0 Å². The number of amides is 1. The van der Waals surface area contributed by atoms with Gasteiger partial charge in [-0.3, -0.25) is 0 Å². The Hall–Kier alpha value is -2.51. The summed E-state index contributed by atoms with van der Waals surface area (Å²) in [7, 11) is 1.67. The third kappa shape index (κ3) is 3.52. The van der Waals surface area contributed by atoms with Crippen molar-refractivity contribution in [1.82, 2.24) is 5.32 Å². The zero-order valence-corrected chi connectivity index (χ0v) is 20.0. The van der Waals surface area contributed by atoms with Crippen molar-refractivity contribution in [2.24, 2.45) is 17.8 Å². The smallest absolute Gasteiger partial charge is 0.412 e. The minimum Gasteiger partial charge on any atom is -0.493 e. The predicted octanol–water partition coefficient (Wildman–Crippen LogP) is 4.46. The highest BCUT2D eigenvalue weighted by Gasteiger charge is 2.62. The molecule has 34 heavy (non-hydrogen) atoms. The Labute approximate surface area is 200 Å². The first-order valence-electron chi connectivity index (χ1n) is 12.5. The number of benzene rings is 1. The molecule has 5 aliphatic rings. The lowest BCUT2D eigenvalue weighted by Crippen LogP contribution is -2.58. The maximum absolute atomic E-state index is 13.0. The molecule has 182 valence electrons. The SMILES string of the molecule is COc1ccc2c3c1O[C@H]1C3C(CCC13OCCO3)C(NC(=O)OC1=CC(C)CC(C)C=C1)C2. The van der Waals surface area contributed by atoms with Crippen LogP contribution in [0.1, 0.15) is 50.2 Å². The van der Waals surface area contributed by atoms with Gasteiger partial charge in [-0.25, -0.2) is 4.79 Å². The second-order valence-electron chi connectivity index (χ2n) is 10.4. The number of nitrogens with one attached hydrogen (secondary N) is 1. The second kappa shape index (κ2) is 8.31. The van der Waals surface area contributed by atoms with Crippen LogP contribution in [0, 0.1) is 17.8 Å². The number of allylic oxidation sites excluding steroid dienone is 3. The van der Waals surface area contributed by atoms with Crippen LogP contribution in [0.5, 0.6) is 11.5 Å². The molecule has 1 amide bonds. The minimum atomic E-state index is -0.729. The van der Waals surface area contributed by atoms with Gasteiger partial charge >= 0.3 is 6.09 Å². The van der Waals surface area contributed by atoms with E-state index in [2.05, 4.69) is 31.3 Å². The summed E-state index contributed by atoms with van der Waals surface area (Å²) in [6.45, 7) is 5.48. The van der Waals surface area contributed by atoms with Crippen LogP contribution in [0.25, 0.3) is 0 Å². The van der Waals surface area contributed by atoms with E-state index in [9.17, 15) is 4.79 Å². The number of hydrogen-bond donors (Lipinski definition) is 1. The number of carbonyl (C=O) groups excluding carboxylic acids is 1. The van der Waals surface area contributed by atoms with Gasteiger partial charge in [-0.2, -0.15) is 0 Å². The van der Waals surface area contributed by atoms with Crippen LogP contribution in [-0.4, -0.2) is 44.3 Å². The van der Waals surface area contributed by atoms with Gasteiger partial charge in [-0.15, -0.1) is 0 Å². The molecule has 0 radical (unpaired) electrons. The van der Waals surface area contributed by atoms with E-state index in [4.69, 9.17) is 23.7 Å². The van der Waals surface area contributed by atoms with E-state index in [-0.39, 0.29) is 24.0 Å². The molecule has 7 nitrogen and oxygen atoms in total. The van der Waals surface area contributed by atoms with E-state index < -0.39 is 11.9 Å². The van der Waals surface area contributed by atoms with Crippen molar-refractivity contribution >= 4 is 6.09 Å². The Bertz CT molecular complexity index is 1040. The highest BCUT2D eigenvalue weighted by atomic mass is 16.8. The molecule has 6 rings (SSSR count). The third-order valence-electron chi connectivity index (χ3n) is 8.12. The van der Waals surface area contributed by atoms with E-state index in [0.29, 0.717) is 30.8 Å². The summed E-state index contributed by atoms with van der Waals surface area (Å²) in [4.78, 5) is 13.0. The fourth-order valence-electron chi connectivity index (χ4n) is 6.75. The summed E-state index contributed by atoms with van der Waals surface area (Å²) < 4.78 is 30.2. The highest BCUT2D eigenvalue weighted by Crippen LogP contribution is 2.60. The highest BCUT2D eigenvalue weighted by molar-refractivity contribution is 5.70. The molecule has 2 fully saturated rings. The van der Waals surface area contributed by atoms with Crippen molar-refractivity contribution in [2.75, 3.05) is 20.3 Å². The molecule has 0 bridgehead atoms. The fourth-order valence-corrected chi connectivity index (χ4v) is 6.75. The van der Waals surface area contributed by atoms with Crippen molar-refractivity contribution < 1.29 is 28.5 Å². The maximum atomic E-state index is 13.0. The molecule has 3 aliphatic carbocycles. The summed E-state index contributed by atoms with van der Waals surface area (Å²) >= 11 is 0. The average molecular weight is 468 g/mol. The van der Waals surface area contributed by atoms with E-state index in [1.807, 2.05) is 18.2 Å². The molecule has 2 heterocycles. The zero-order valence-electron chi connectivity index (χ0n) is 20.0. The predicted molar refractivity (Wildman–Crippen MR) is 125 cm³/mol. The summed E-state index contributed by atoms with van der Waals surface area (Å²) in [5.74, 6) is 2.53. The quantitative estimate of drug-likeness (QED) is 0.708. The Morgan fingerprint density at radius 1 is 1.18 bits per heavy atom. The molecule has 0 aromatic heterocycles. The van der Waals surface area contributed by atoms with Crippen LogP contribution in [0.15, 0.2) is 36.1 Å². The number of alkyl carbamates (subject to hydrolysis) is 1. The second-order valence-corrected chi connectivity index (χ2v) is 10.4. The van der Waals surface area contributed by atoms with Crippen LogP contribution < -0.4 is 14.8 Å². The summed E-state index contributed by atoms with van der Waals surface area (Å²) in [5.41, 5.74) is 2.37. The van der Waals surface area contributed by atoms with Gasteiger partial charge in [0, 0.05) is 23.9 Å². The molecule has 1 saturated carbocycles. The topological polar surface area (TPSA) is 75.3 Å². The lowest BCUT2D eigenvalue weighted by atomic mass is 9.63. The van der Waals surface area contributed by atoms with Crippen LogP contribution in [0.2, 0.25) is 0 Å². The first-order chi connectivity index (χ1) is 16.5. The molecule has 1 spiro atoms. The zero-order chi connectivity index (χ0) is 23.4. The first kappa shape index (κ1) is 22.0. The van der Waals surface area contributed by atoms with Crippen LogP contribution in [0.4, 0.5) is 4.79 Å². The monoisotopic (exact) mass is 467 g/mol. The number of fused-ring (bicyclic) bond motifs is 1. The number of ether oxygens (including phenoxy) is 5. The van der Waals surface area contributed by atoms with Crippen molar-refractivity contribution in [1.29, 1.82) is 0 Å². The van der Waals surface area contributed by atoms with E-state index >= 15 is 0 Å². The van der Waals surface area contributed by atoms with Gasteiger partial charge in [0.05, 0.1) is 20.3 Å². The van der Waals surface area contributed by atoms with E-state index in [1.165, 1.54) is 11.1 Å². The normalized spacial score (nSPS) is 34.6. The summed E-state index contributed by atoms with van der Waals surface area (Å²) in [6.07, 6.45) is 8.80. The summed E-state index contributed by atoms with van der Waals surface area (Å²) in [5, 5.41) is 3.20. The Kier molecular flexibility index (Phi) is 5.37. The van der Waals surface area contributed by atoms with Crippen molar-refractivity contribution in [3.63, 3.8) is 0 Å². The molecule has 7 heteroatoms. The lowest BCUT2D eigenvalue weighted by molar-refractivity contribution is -0.236. The van der Waals surface area contributed by atoms with Gasteiger partial charge in [-0.1, -0.05) is 26.0 Å². The third-order valence-corrected chi connectivity index (χ3v) is 8.12. The van der Waals surface area contributed by atoms with Gasteiger partial charge in [0.1, 0.15) is 5.76 Å². The van der Waals surface area contributed by atoms with Crippen molar-refractivity contribution in [3.8, 4) is 11.5 Å². The number of hydrogen-bond acceptors (Lipinski definition) is 6.